The van der Waals surface area contributed by atoms with Crippen LogP contribution in [0.3, 0.4) is 0 Å². The quantitative estimate of drug-likeness (QED) is 0.634. The van der Waals surface area contributed by atoms with Crippen LogP contribution in [0.2, 0.25) is 0 Å². The van der Waals surface area contributed by atoms with Crippen molar-refractivity contribution in [2.45, 2.75) is 19.3 Å². The van der Waals surface area contributed by atoms with E-state index in [0.717, 1.165) is 24.5 Å². The number of carbonyl (C=O) groups is 2. The number of nitrogens with zero attached hydrogens (tertiary/aromatic N) is 4. The maximum atomic E-state index is 12.2. The average Bonchev–Trinajstić information content (AvgIpc) is 3.34. The second kappa shape index (κ2) is 9.21. The summed E-state index contributed by atoms with van der Waals surface area (Å²) in [5, 5.41) is 6.78. The molecule has 1 fully saturated rings. The predicted molar refractivity (Wildman–Crippen MR) is 113 cm³/mol. The van der Waals surface area contributed by atoms with Crippen LogP contribution in [0.5, 0.6) is 0 Å². The third-order valence-electron chi connectivity index (χ3n) is 4.99. The Balaban J connectivity index is 1.26. The minimum atomic E-state index is -0.560. The number of carbonyl (C=O) groups excluding carboxylic acids is 2. The van der Waals surface area contributed by atoms with Crippen molar-refractivity contribution < 1.29 is 14.3 Å². The highest BCUT2D eigenvalue weighted by atomic mass is 16.5. The molecule has 1 amide bonds. The van der Waals surface area contributed by atoms with Crippen LogP contribution in [0.25, 0.3) is 5.69 Å². The van der Waals surface area contributed by atoms with Gasteiger partial charge in [-0.15, -0.1) is 0 Å². The van der Waals surface area contributed by atoms with Gasteiger partial charge in [0.1, 0.15) is 12.7 Å². The topological polar surface area (TPSA) is 89.4 Å². The van der Waals surface area contributed by atoms with Crippen LogP contribution >= 0.6 is 0 Å². The lowest BCUT2D eigenvalue weighted by Gasteiger charge is -2.28. The van der Waals surface area contributed by atoms with Crippen LogP contribution in [0.4, 0.5) is 11.4 Å². The molecule has 1 aliphatic rings. The smallest absolute Gasteiger partial charge is 0.338 e. The van der Waals surface area contributed by atoms with E-state index in [2.05, 4.69) is 20.3 Å². The van der Waals surface area contributed by atoms with Crippen LogP contribution in [0, 0.1) is 0 Å². The predicted octanol–water partition coefficient (Wildman–Crippen LogP) is 3.05. The molecule has 1 aliphatic heterocycles. The van der Waals surface area contributed by atoms with Gasteiger partial charge in [0, 0.05) is 24.5 Å². The van der Waals surface area contributed by atoms with Gasteiger partial charge < -0.3 is 15.0 Å². The van der Waals surface area contributed by atoms with Crippen LogP contribution in [-0.2, 0) is 9.53 Å². The first-order valence-corrected chi connectivity index (χ1v) is 9.96. The Hall–Kier alpha value is -3.68. The Labute approximate surface area is 174 Å². The van der Waals surface area contributed by atoms with Crippen molar-refractivity contribution in [1.29, 1.82) is 0 Å². The molecule has 0 unspecified atom stereocenters. The molecule has 0 atom stereocenters. The first kappa shape index (κ1) is 19.6. The van der Waals surface area contributed by atoms with Gasteiger partial charge in [-0.1, -0.05) is 0 Å². The molecule has 8 heteroatoms. The summed E-state index contributed by atoms with van der Waals surface area (Å²) in [5.41, 5.74) is 2.97. The molecule has 0 saturated carbocycles. The molecule has 154 valence electrons. The van der Waals surface area contributed by atoms with Gasteiger partial charge in [0.15, 0.2) is 6.61 Å². The molecule has 30 heavy (non-hydrogen) atoms. The molecule has 0 bridgehead atoms. The van der Waals surface area contributed by atoms with Crippen molar-refractivity contribution in [2.75, 3.05) is 29.9 Å². The van der Waals surface area contributed by atoms with E-state index >= 15 is 0 Å². The number of amides is 1. The Morgan fingerprint density at radius 3 is 2.30 bits per heavy atom. The normalized spacial score (nSPS) is 13.7. The number of esters is 1. The van der Waals surface area contributed by atoms with E-state index in [1.807, 2.05) is 24.3 Å². The van der Waals surface area contributed by atoms with Gasteiger partial charge in [-0.05, 0) is 67.8 Å². The van der Waals surface area contributed by atoms with Crippen LogP contribution in [0.1, 0.15) is 29.6 Å². The van der Waals surface area contributed by atoms with Gasteiger partial charge in [-0.3, -0.25) is 4.79 Å². The summed E-state index contributed by atoms with van der Waals surface area (Å²) in [6.45, 7) is 1.79. The van der Waals surface area contributed by atoms with Crippen molar-refractivity contribution in [3.63, 3.8) is 0 Å². The number of rotatable bonds is 6. The highest BCUT2D eigenvalue weighted by molar-refractivity contribution is 5.95. The van der Waals surface area contributed by atoms with E-state index < -0.39 is 5.97 Å². The zero-order chi connectivity index (χ0) is 20.8. The van der Waals surface area contributed by atoms with E-state index in [-0.39, 0.29) is 12.5 Å². The lowest BCUT2D eigenvalue weighted by Crippen LogP contribution is -2.29. The highest BCUT2D eigenvalue weighted by Gasteiger charge is 2.13. The number of piperidine rings is 1. The Morgan fingerprint density at radius 2 is 1.63 bits per heavy atom. The second-order valence-electron chi connectivity index (χ2n) is 7.11. The van der Waals surface area contributed by atoms with Gasteiger partial charge in [0.2, 0.25) is 0 Å². The van der Waals surface area contributed by atoms with Gasteiger partial charge >= 0.3 is 5.97 Å². The van der Waals surface area contributed by atoms with E-state index in [1.54, 1.807) is 35.3 Å². The SMILES string of the molecule is O=C(COC(=O)c1ccc(-n2cncn2)cc1)Nc1ccc(N2CCCCC2)cc1. The van der Waals surface area contributed by atoms with Crippen LogP contribution < -0.4 is 10.2 Å². The molecule has 1 N–H and O–H groups in total. The Kier molecular flexibility index (Phi) is 6.03. The zero-order valence-electron chi connectivity index (χ0n) is 16.5. The van der Waals surface area contributed by atoms with Gasteiger partial charge in [0.25, 0.3) is 5.91 Å². The van der Waals surface area contributed by atoms with Crippen molar-refractivity contribution >= 4 is 23.3 Å². The summed E-state index contributed by atoms with van der Waals surface area (Å²) >= 11 is 0. The highest BCUT2D eigenvalue weighted by Crippen LogP contribution is 2.21. The first-order valence-electron chi connectivity index (χ1n) is 9.96. The largest absolute Gasteiger partial charge is 0.452 e. The number of anilines is 2. The summed E-state index contributed by atoms with van der Waals surface area (Å²) in [6, 6.07) is 14.4. The number of hydrogen-bond acceptors (Lipinski definition) is 6. The average molecular weight is 405 g/mol. The molecule has 0 radical (unpaired) electrons. The van der Waals surface area contributed by atoms with Crippen molar-refractivity contribution in [3.05, 3.63) is 66.7 Å². The van der Waals surface area contributed by atoms with Gasteiger partial charge in [-0.25, -0.2) is 14.5 Å². The molecule has 2 aromatic carbocycles. The zero-order valence-corrected chi connectivity index (χ0v) is 16.5. The summed E-state index contributed by atoms with van der Waals surface area (Å²) in [4.78, 5) is 30.5. The first-order chi connectivity index (χ1) is 14.7. The minimum absolute atomic E-state index is 0.350. The standard InChI is InChI=1S/C22H23N5O3/c28-21(25-18-6-10-19(11-7-18)26-12-2-1-3-13-26)14-30-22(29)17-4-8-20(9-5-17)27-16-23-15-24-27/h4-11,15-16H,1-3,12-14H2,(H,25,28). The maximum Gasteiger partial charge on any atom is 0.338 e. The summed E-state index contributed by atoms with van der Waals surface area (Å²) in [5.74, 6) is -0.941. The van der Waals surface area contributed by atoms with E-state index in [1.165, 1.54) is 25.6 Å². The second-order valence-corrected chi connectivity index (χ2v) is 7.11. The Morgan fingerprint density at radius 1 is 0.933 bits per heavy atom. The molecule has 4 rings (SSSR count). The molecular formula is C22H23N5O3. The van der Waals surface area contributed by atoms with E-state index in [0.29, 0.717) is 11.3 Å². The lowest BCUT2D eigenvalue weighted by atomic mass is 10.1. The maximum absolute atomic E-state index is 12.2. The molecule has 1 saturated heterocycles. The monoisotopic (exact) mass is 405 g/mol. The fourth-order valence-corrected chi connectivity index (χ4v) is 3.41. The third-order valence-corrected chi connectivity index (χ3v) is 4.99. The van der Waals surface area contributed by atoms with Gasteiger partial charge in [0.05, 0.1) is 11.3 Å². The molecule has 1 aromatic heterocycles. The number of aromatic nitrogens is 3. The van der Waals surface area contributed by atoms with Crippen molar-refractivity contribution in [1.82, 2.24) is 14.8 Å². The fourth-order valence-electron chi connectivity index (χ4n) is 3.41. The number of benzene rings is 2. The summed E-state index contributed by atoms with van der Waals surface area (Å²) in [6.07, 6.45) is 6.72. The van der Waals surface area contributed by atoms with Crippen LogP contribution in [-0.4, -0.2) is 46.3 Å². The van der Waals surface area contributed by atoms with Gasteiger partial charge in [-0.2, -0.15) is 5.10 Å². The lowest BCUT2D eigenvalue weighted by molar-refractivity contribution is -0.119. The molecule has 0 aliphatic carbocycles. The summed E-state index contributed by atoms with van der Waals surface area (Å²) in [7, 11) is 0. The van der Waals surface area contributed by atoms with E-state index in [4.69, 9.17) is 4.74 Å². The Bertz CT molecular complexity index is 979. The molecule has 0 spiro atoms. The van der Waals surface area contributed by atoms with Crippen molar-refractivity contribution in [3.8, 4) is 5.69 Å². The number of hydrogen-bond donors (Lipinski definition) is 1. The number of nitrogens with one attached hydrogen (secondary N) is 1. The molecule has 8 nitrogen and oxygen atoms in total. The molecule has 3 aromatic rings. The van der Waals surface area contributed by atoms with Crippen LogP contribution in [0.15, 0.2) is 61.2 Å². The molecule has 2 heterocycles. The van der Waals surface area contributed by atoms with Crippen molar-refractivity contribution in [2.24, 2.45) is 0 Å². The fraction of sp³-hybridized carbons (Fsp3) is 0.273. The third kappa shape index (κ3) is 4.83. The number of ether oxygens (including phenoxy) is 1. The summed E-state index contributed by atoms with van der Waals surface area (Å²) < 4.78 is 6.70. The van der Waals surface area contributed by atoms with E-state index in [9.17, 15) is 9.59 Å². The molecular weight excluding hydrogens is 382 g/mol. The minimum Gasteiger partial charge on any atom is -0.452 e.